The van der Waals surface area contributed by atoms with Crippen molar-refractivity contribution >= 4 is 37.1 Å². The molecule has 0 aliphatic heterocycles. The molecule has 2 aromatic heterocycles. The molecule has 0 saturated carbocycles. The van der Waals surface area contributed by atoms with E-state index < -0.39 is 0 Å². The van der Waals surface area contributed by atoms with Gasteiger partial charge in [-0.3, -0.25) is 0 Å². The SMILES string of the molecule is C=C/C(=C\C)c1cccc(-c2ccc3sc4cccc(-c5nc(-c6ccccc6)nc(-c6cccc(-c7cccc8c7C(C)(C)c7ccccc7-8)c6)n5)c4c3c2)c1. The number of benzene rings is 7. The van der Waals surface area contributed by atoms with Crippen molar-refractivity contribution in [3.05, 3.63) is 193 Å². The highest BCUT2D eigenvalue weighted by atomic mass is 32.1. The van der Waals surface area contributed by atoms with E-state index >= 15 is 0 Å². The molecular weight excluding hydrogens is 711 g/mol. The van der Waals surface area contributed by atoms with Crippen molar-refractivity contribution in [1.29, 1.82) is 0 Å². The maximum atomic E-state index is 5.30. The molecule has 0 amide bonds. The van der Waals surface area contributed by atoms with E-state index in [1.54, 1.807) is 11.3 Å². The summed E-state index contributed by atoms with van der Waals surface area (Å²) >= 11 is 1.80. The van der Waals surface area contributed by atoms with Crippen LogP contribution in [-0.4, -0.2) is 15.0 Å². The Morgan fingerprint density at radius 2 is 1.16 bits per heavy atom. The molecule has 0 N–H and O–H groups in total. The predicted molar refractivity (Wildman–Crippen MR) is 241 cm³/mol. The van der Waals surface area contributed by atoms with Gasteiger partial charge in [0.05, 0.1) is 0 Å². The lowest BCUT2D eigenvalue weighted by molar-refractivity contribution is 0.662. The molecule has 0 bridgehead atoms. The molecule has 57 heavy (non-hydrogen) atoms. The van der Waals surface area contributed by atoms with Crippen LogP contribution in [0.4, 0.5) is 0 Å². The van der Waals surface area contributed by atoms with Crippen LogP contribution in [0.25, 0.3) is 93.3 Å². The number of aromatic nitrogens is 3. The van der Waals surface area contributed by atoms with Gasteiger partial charge in [0.1, 0.15) is 0 Å². The quantitative estimate of drug-likeness (QED) is 0.152. The molecule has 3 nitrogen and oxygen atoms in total. The molecular formula is C53H39N3S. The smallest absolute Gasteiger partial charge is 0.164 e. The zero-order chi connectivity index (χ0) is 38.7. The molecule has 0 radical (unpaired) electrons. The van der Waals surface area contributed by atoms with E-state index in [0.29, 0.717) is 17.5 Å². The second-order valence-corrected chi connectivity index (χ2v) is 16.3. The summed E-state index contributed by atoms with van der Waals surface area (Å²) in [5.41, 5.74) is 15.1. The molecule has 0 saturated heterocycles. The predicted octanol–water partition coefficient (Wildman–Crippen LogP) is 14.5. The van der Waals surface area contributed by atoms with Crippen LogP contribution < -0.4 is 0 Å². The molecule has 4 heteroatoms. The topological polar surface area (TPSA) is 38.7 Å². The largest absolute Gasteiger partial charge is 0.208 e. The molecule has 0 atom stereocenters. The summed E-state index contributed by atoms with van der Waals surface area (Å²) in [6, 6.07) is 56.4. The van der Waals surface area contributed by atoms with E-state index in [0.717, 1.165) is 49.9 Å². The van der Waals surface area contributed by atoms with Crippen LogP contribution in [0.15, 0.2) is 176 Å². The lowest BCUT2D eigenvalue weighted by atomic mass is 9.79. The Labute approximate surface area is 337 Å². The van der Waals surface area contributed by atoms with Crippen LogP contribution in [-0.2, 0) is 5.41 Å². The number of fused-ring (bicyclic) bond motifs is 6. The highest BCUT2D eigenvalue weighted by molar-refractivity contribution is 7.26. The van der Waals surface area contributed by atoms with Crippen LogP contribution in [0, 0.1) is 0 Å². The first kappa shape index (κ1) is 34.7. The van der Waals surface area contributed by atoms with Gasteiger partial charge >= 0.3 is 0 Å². The summed E-state index contributed by atoms with van der Waals surface area (Å²) in [6.45, 7) is 10.8. The molecule has 2 heterocycles. The number of allylic oxidation sites excluding steroid dienone is 3. The van der Waals surface area contributed by atoms with Gasteiger partial charge in [0.25, 0.3) is 0 Å². The van der Waals surface area contributed by atoms with Crippen LogP contribution in [0.5, 0.6) is 0 Å². The van der Waals surface area contributed by atoms with E-state index in [4.69, 9.17) is 15.0 Å². The third kappa shape index (κ3) is 5.84. The standard InChI is InChI=1S/C53H39N3S/c1-5-33(6-2)35-18-12-19-36(30-35)37-28-29-46-44(32-37)48-43(25-15-27-47(48)57-46)52-55-50(34-16-8-7-9-17-34)54-51(56-52)39-21-13-20-38(31-39)40-23-14-24-42-41-22-10-11-26-45(41)53(3,4)49(40)42/h5-32H,1H2,2-4H3/b33-6+. The van der Waals surface area contributed by atoms with Crippen LogP contribution in [0.3, 0.4) is 0 Å². The zero-order valence-electron chi connectivity index (χ0n) is 32.1. The number of hydrogen-bond acceptors (Lipinski definition) is 4. The van der Waals surface area contributed by atoms with Gasteiger partial charge in [0.2, 0.25) is 0 Å². The van der Waals surface area contributed by atoms with E-state index in [-0.39, 0.29) is 5.41 Å². The zero-order valence-corrected chi connectivity index (χ0v) is 32.9. The minimum atomic E-state index is -0.134. The average molecular weight is 750 g/mol. The Morgan fingerprint density at radius 3 is 2.00 bits per heavy atom. The monoisotopic (exact) mass is 749 g/mol. The minimum Gasteiger partial charge on any atom is -0.208 e. The van der Waals surface area contributed by atoms with E-state index in [9.17, 15) is 0 Å². The fourth-order valence-corrected chi connectivity index (χ4v) is 9.84. The normalized spacial score (nSPS) is 13.1. The lowest BCUT2D eigenvalue weighted by Gasteiger charge is -2.24. The van der Waals surface area contributed by atoms with Crippen molar-refractivity contribution in [3.8, 4) is 67.5 Å². The van der Waals surface area contributed by atoms with Crippen molar-refractivity contribution in [2.24, 2.45) is 0 Å². The Hall–Kier alpha value is -6.75. The second kappa shape index (κ2) is 13.8. The number of nitrogens with zero attached hydrogens (tertiary/aromatic N) is 3. The maximum Gasteiger partial charge on any atom is 0.164 e. The third-order valence-electron chi connectivity index (χ3n) is 11.5. The van der Waals surface area contributed by atoms with Crippen LogP contribution >= 0.6 is 11.3 Å². The lowest BCUT2D eigenvalue weighted by Crippen LogP contribution is -2.16. The molecule has 9 aromatic rings. The van der Waals surface area contributed by atoms with E-state index in [1.807, 2.05) is 24.3 Å². The molecule has 0 unspecified atom stereocenters. The van der Waals surface area contributed by atoms with Gasteiger partial charge in [0, 0.05) is 42.3 Å². The van der Waals surface area contributed by atoms with E-state index in [2.05, 4.69) is 173 Å². The highest BCUT2D eigenvalue weighted by Gasteiger charge is 2.37. The molecule has 1 aliphatic carbocycles. The van der Waals surface area contributed by atoms with Crippen molar-refractivity contribution in [1.82, 2.24) is 15.0 Å². The third-order valence-corrected chi connectivity index (χ3v) is 12.6. The summed E-state index contributed by atoms with van der Waals surface area (Å²) in [6.07, 6.45) is 4.02. The summed E-state index contributed by atoms with van der Waals surface area (Å²) in [4.78, 5) is 15.7. The summed E-state index contributed by atoms with van der Waals surface area (Å²) in [5, 5.41) is 2.34. The summed E-state index contributed by atoms with van der Waals surface area (Å²) in [5.74, 6) is 1.95. The Bertz CT molecular complexity index is 3080. The first-order chi connectivity index (χ1) is 27.9. The van der Waals surface area contributed by atoms with Gasteiger partial charge in [-0.1, -0.05) is 160 Å². The Morgan fingerprint density at radius 1 is 0.526 bits per heavy atom. The van der Waals surface area contributed by atoms with Gasteiger partial charge in [-0.25, -0.2) is 15.0 Å². The van der Waals surface area contributed by atoms with Gasteiger partial charge in [-0.2, -0.15) is 0 Å². The summed E-state index contributed by atoms with van der Waals surface area (Å²) < 4.78 is 2.42. The molecule has 272 valence electrons. The van der Waals surface area contributed by atoms with Crippen molar-refractivity contribution in [3.63, 3.8) is 0 Å². The van der Waals surface area contributed by atoms with Crippen LogP contribution in [0.1, 0.15) is 37.5 Å². The Balaban J connectivity index is 1.14. The van der Waals surface area contributed by atoms with Crippen molar-refractivity contribution < 1.29 is 0 Å². The molecule has 0 spiro atoms. The van der Waals surface area contributed by atoms with Gasteiger partial charge in [-0.05, 0) is 92.9 Å². The van der Waals surface area contributed by atoms with Gasteiger partial charge in [-0.15, -0.1) is 11.3 Å². The maximum absolute atomic E-state index is 5.30. The van der Waals surface area contributed by atoms with Gasteiger partial charge < -0.3 is 0 Å². The average Bonchev–Trinajstić information content (AvgIpc) is 3.76. The number of thiophene rings is 1. The summed E-state index contributed by atoms with van der Waals surface area (Å²) in [7, 11) is 0. The second-order valence-electron chi connectivity index (χ2n) is 15.2. The van der Waals surface area contributed by atoms with Crippen molar-refractivity contribution in [2.75, 3.05) is 0 Å². The number of hydrogen-bond donors (Lipinski definition) is 0. The molecule has 0 fully saturated rings. The number of rotatable bonds is 7. The molecule has 7 aromatic carbocycles. The fraction of sp³-hybridized carbons (Fsp3) is 0.0755. The van der Waals surface area contributed by atoms with E-state index in [1.165, 1.54) is 42.6 Å². The highest BCUT2D eigenvalue weighted by Crippen LogP contribution is 2.52. The first-order valence-corrected chi connectivity index (χ1v) is 20.2. The van der Waals surface area contributed by atoms with Gasteiger partial charge in [0.15, 0.2) is 17.5 Å². The molecule has 10 rings (SSSR count). The fourth-order valence-electron chi connectivity index (χ4n) is 8.73. The minimum absolute atomic E-state index is 0.134. The Kier molecular flexibility index (Phi) is 8.39. The van der Waals surface area contributed by atoms with Crippen LogP contribution in [0.2, 0.25) is 0 Å². The molecule has 1 aliphatic rings. The first-order valence-electron chi connectivity index (χ1n) is 19.4. The van der Waals surface area contributed by atoms with Crippen molar-refractivity contribution in [2.45, 2.75) is 26.2 Å².